The molecule has 6 heteroatoms. The molecule has 1 aromatic rings. The van der Waals surface area contributed by atoms with Gasteiger partial charge in [-0.3, -0.25) is 0 Å². The van der Waals surface area contributed by atoms with Crippen molar-refractivity contribution in [2.75, 3.05) is 19.0 Å². The van der Waals surface area contributed by atoms with Gasteiger partial charge in [-0.25, -0.2) is 14.8 Å². The number of aryl methyl sites for hydroxylation is 1. The third-order valence-electron chi connectivity index (χ3n) is 2.27. The maximum atomic E-state index is 11.0. The number of anilines is 1. The minimum atomic E-state index is -0.891. The van der Waals surface area contributed by atoms with Crippen LogP contribution in [0.5, 0.6) is 0 Å². The van der Waals surface area contributed by atoms with E-state index in [0.717, 1.165) is 5.69 Å². The van der Waals surface area contributed by atoms with Crippen molar-refractivity contribution in [3.05, 3.63) is 18.1 Å². The van der Waals surface area contributed by atoms with Crippen LogP contribution < -0.4 is 5.32 Å². The van der Waals surface area contributed by atoms with Gasteiger partial charge in [-0.2, -0.15) is 0 Å². The average Bonchev–Trinajstić information content (AvgIpc) is 2.28. The van der Waals surface area contributed by atoms with Crippen molar-refractivity contribution in [1.29, 1.82) is 0 Å². The molecule has 1 unspecified atom stereocenters. The standard InChI is InChI=1S/C11H17N3O3/c1-8-6-10(13-7-12-8)14-9(11(15)16)4-3-5-17-2/h6-7,9H,3-5H2,1-2H3,(H,15,16)(H,12,13,14). The van der Waals surface area contributed by atoms with Gasteiger partial charge in [-0.05, 0) is 19.8 Å². The highest BCUT2D eigenvalue weighted by Crippen LogP contribution is 2.08. The quantitative estimate of drug-likeness (QED) is 0.692. The van der Waals surface area contributed by atoms with Gasteiger partial charge in [-0.1, -0.05) is 0 Å². The van der Waals surface area contributed by atoms with E-state index in [9.17, 15) is 4.79 Å². The number of aromatic nitrogens is 2. The summed E-state index contributed by atoms with van der Waals surface area (Å²) in [5, 5.41) is 11.9. The fourth-order valence-corrected chi connectivity index (χ4v) is 1.40. The molecule has 1 atom stereocenters. The van der Waals surface area contributed by atoms with Crippen molar-refractivity contribution in [3.8, 4) is 0 Å². The second-order valence-electron chi connectivity index (χ2n) is 3.71. The molecule has 1 aromatic heterocycles. The maximum absolute atomic E-state index is 11.0. The Kier molecular flexibility index (Phi) is 5.35. The number of methoxy groups -OCH3 is 1. The second kappa shape index (κ2) is 6.80. The van der Waals surface area contributed by atoms with E-state index in [4.69, 9.17) is 9.84 Å². The molecule has 6 nitrogen and oxygen atoms in total. The van der Waals surface area contributed by atoms with Crippen LogP contribution in [0.15, 0.2) is 12.4 Å². The molecule has 0 aliphatic rings. The molecule has 0 radical (unpaired) electrons. The lowest BCUT2D eigenvalue weighted by molar-refractivity contribution is -0.138. The first-order valence-electron chi connectivity index (χ1n) is 5.40. The van der Waals surface area contributed by atoms with Crippen LogP contribution in [-0.4, -0.2) is 40.8 Å². The van der Waals surface area contributed by atoms with Crippen LogP contribution in [0, 0.1) is 6.92 Å². The normalized spacial score (nSPS) is 12.1. The van der Waals surface area contributed by atoms with Gasteiger partial charge in [0.05, 0.1) is 0 Å². The Bertz CT molecular complexity index is 371. The summed E-state index contributed by atoms with van der Waals surface area (Å²) in [7, 11) is 1.59. The van der Waals surface area contributed by atoms with Crippen LogP contribution in [0.1, 0.15) is 18.5 Å². The number of nitrogens with zero attached hydrogens (tertiary/aromatic N) is 2. The minimum Gasteiger partial charge on any atom is -0.480 e. The topological polar surface area (TPSA) is 84.3 Å². The molecule has 0 aromatic carbocycles. The number of carboxylic acid groups (broad SMARTS) is 1. The number of carbonyl (C=O) groups is 1. The molecule has 1 heterocycles. The summed E-state index contributed by atoms with van der Waals surface area (Å²) in [6.45, 7) is 2.38. The molecule has 0 amide bonds. The molecule has 0 saturated heterocycles. The number of aliphatic carboxylic acids is 1. The van der Waals surface area contributed by atoms with Gasteiger partial charge in [0.15, 0.2) is 0 Å². The largest absolute Gasteiger partial charge is 0.480 e. The Morgan fingerprint density at radius 1 is 1.59 bits per heavy atom. The smallest absolute Gasteiger partial charge is 0.326 e. The molecule has 0 aliphatic carbocycles. The number of hydrogen-bond donors (Lipinski definition) is 2. The van der Waals surface area contributed by atoms with Crippen molar-refractivity contribution in [1.82, 2.24) is 9.97 Å². The summed E-state index contributed by atoms with van der Waals surface area (Å²) in [6.07, 6.45) is 2.59. The van der Waals surface area contributed by atoms with Gasteiger partial charge >= 0.3 is 5.97 Å². The summed E-state index contributed by atoms with van der Waals surface area (Å²) in [6, 6.07) is 1.06. The number of ether oxygens (including phenoxy) is 1. The van der Waals surface area contributed by atoms with Crippen molar-refractivity contribution < 1.29 is 14.6 Å². The van der Waals surface area contributed by atoms with E-state index in [-0.39, 0.29) is 0 Å². The summed E-state index contributed by atoms with van der Waals surface area (Å²) in [4.78, 5) is 19.0. The molecule has 1 rings (SSSR count). The maximum Gasteiger partial charge on any atom is 0.326 e. The molecule has 94 valence electrons. The zero-order valence-electron chi connectivity index (χ0n) is 10.0. The van der Waals surface area contributed by atoms with Crippen LogP contribution in [0.25, 0.3) is 0 Å². The first-order valence-corrected chi connectivity index (χ1v) is 5.40. The predicted octanol–water partition coefficient (Wildman–Crippen LogP) is 1.08. The van der Waals surface area contributed by atoms with Gasteiger partial charge in [0.25, 0.3) is 0 Å². The summed E-state index contributed by atoms with van der Waals surface area (Å²) in [5.41, 5.74) is 0.795. The zero-order chi connectivity index (χ0) is 12.7. The van der Waals surface area contributed by atoms with Gasteiger partial charge in [0, 0.05) is 25.5 Å². The first-order chi connectivity index (χ1) is 8.13. The average molecular weight is 239 g/mol. The monoisotopic (exact) mass is 239 g/mol. The van der Waals surface area contributed by atoms with Crippen molar-refractivity contribution in [2.24, 2.45) is 0 Å². The lowest BCUT2D eigenvalue weighted by Crippen LogP contribution is -2.30. The molecular weight excluding hydrogens is 222 g/mol. The molecule has 2 N–H and O–H groups in total. The minimum absolute atomic E-state index is 0.492. The Labute approximate surface area is 100 Å². The van der Waals surface area contributed by atoms with E-state index in [2.05, 4.69) is 15.3 Å². The van der Waals surface area contributed by atoms with Gasteiger partial charge in [0.1, 0.15) is 18.2 Å². The van der Waals surface area contributed by atoms with Crippen molar-refractivity contribution in [2.45, 2.75) is 25.8 Å². The van der Waals surface area contributed by atoms with Crippen LogP contribution in [0.3, 0.4) is 0 Å². The number of nitrogens with one attached hydrogen (secondary N) is 1. The van der Waals surface area contributed by atoms with E-state index in [1.54, 1.807) is 13.2 Å². The lowest BCUT2D eigenvalue weighted by Gasteiger charge is -2.14. The zero-order valence-corrected chi connectivity index (χ0v) is 10.0. The van der Waals surface area contributed by atoms with Crippen LogP contribution >= 0.6 is 0 Å². The summed E-state index contributed by atoms with van der Waals surface area (Å²) in [5.74, 6) is -0.361. The Morgan fingerprint density at radius 3 is 2.94 bits per heavy atom. The Hall–Kier alpha value is -1.69. The highest BCUT2D eigenvalue weighted by atomic mass is 16.5. The van der Waals surface area contributed by atoms with E-state index in [1.165, 1.54) is 6.33 Å². The summed E-state index contributed by atoms with van der Waals surface area (Å²) >= 11 is 0. The number of carboxylic acids is 1. The third kappa shape index (κ3) is 4.78. The van der Waals surface area contributed by atoms with Crippen molar-refractivity contribution in [3.63, 3.8) is 0 Å². The SMILES string of the molecule is COCCCC(Nc1cc(C)ncn1)C(=O)O. The van der Waals surface area contributed by atoms with Crippen LogP contribution in [-0.2, 0) is 9.53 Å². The summed E-state index contributed by atoms with van der Waals surface area (Å²) < 4.78 is 4.89. The molecule has 0 bridgehead atoms. The van der Waals surface area contributed by atoms with Gasteiger partial charge < -0.3 is 15.2 Å². The van der Waals surface area contributed by atoms with E-state index in [1.807, 2.05) is 6.92 Å². The van der Waals surface area contributed by atoms with Crippen LogP contribution in [0.4, 0.5) is 5.82 Å². The van der Waals surface area contributed by atoms with Gasteiger partial charge in [-0.15, -0.1) is 0 Å². The molecule has 17 heavy (non-hydrogen) atoms. The molecule has 0 spiro atoms. The highest BCUT2D eigenvalue weighted by molar-refractivity contribution is 5.76. The third-order valence-corrected chi connectivity index (χ3v) is 2.27. The fraction of sp³-hybridized carbons (Fsp3) is 0.545. The molecule has 0 aliphatic heterocycles. The molecule has 0 saturated carbocycles. The van der Waals surface area contributed by atoms with E-state index < -0.39 is 12.0 Å². The fourth-order valence-electron chi connectivity index (χ4n) is 1.40. The Morgan fingerprint density at radius 2 is 2.35 bits per heavy atom. The lowest BCUT2D eigenvalue weighted by atomic mass is 10.1. The van der Waals surface area contributed by atoms with E-state index >= 15 is 0 Å². The second-order valence-corrected chi connectivity index (χ2v) is 3.71. The molecule has 0 fully saturated rings. The van der Waals surface area contributed by atoms with Gasteiger partial charge in [0.2, 0.25) is 0 Å². The molecular formula is C11H17N3O3. The predicted molar refractivity (Wildman–Crippen MR) is 62.9 cm³/mol. The van der Waals surface area contributed by atoms with E-state index in [0.29, 0.717) is 25.3 Å². The van der Waals surface area contributed by atoms with Crippen molar-refractivity contribution >= 4 is 11.8 Å². The van der Waals surface area contributed by atoms with Crippen LogP contribution in [0.2, 0.25) is 0 Å². The first kappa shape index (κ1) is 13.4. The highest BCUT2D eigenvalue weighted by Gasteiger charge is 2.17. The number of hydrogen-bond acceptors (Lipinski definition) is 5. The Balaban J connectivity index is 2.57. The number of rotatable bonds is 7.